The number of nitrogen functional groups attached to an aromatic ring is 1. The SMILES string of the molecule is Nc1nc(NC(=O)O)nc(Cl)c1[N+](=O)[O-]. The number of halogens is 1. The number of nitrogens with two attached hydrogens (primary N) is 1. The summed E-state index contributed by atoms with van der Waals surface area (Å²) >= 11 is 5.41. The van der Waals surface area contributed by atoms with Gasteiger partial charge in [-0.05, 0) is 0 Å². The molecular weight excluding hydrogens is 230 g/mol. The lowest BCUT2D eigenvalue weighted by Gasteiger charge is -2.01. The summed E-state index contributed by atoms with van der Waals surface area (Å²) in [5.74, 6) is -0.931. The number of carboxylic acid groups (broad SMARTS) is 1. The van der Waals surface area contributed by atoms with Gasteiger partial charge in [-0.1, -0.05) is 11.6 Å². The highest BCUT2D eigenvalue weighted by Gasteiger charge is 2.21. The first kappa shape index (κ1) is 10.9. The molecule has 0 unspecified atom stereocenters. The maximum Gasteiger partial charge on any atom is 0.411 e. The van der Waals surface area contributed by atoms with Crippen molar-refractivity contribution in [2.24, 2.45) is 0 Å². The number of nitrogens with one attached hydrogen (secondary N) is 1. The molecule has 4 N–H and O–H groups in total. The minimum atomic E-state index is -1.43. The summed E-state index contributed by atoms with van der Waals surface area (Å²) in [6.45, 7) is 0. The van der Waals surface area contributed by atoms with Crippen molar-refractivity contribution in [2.45, 2.75) is 0 Å². The molecule has 1 heterocycles. The molecule has 0 bridgehead atoms. The van der Waals surface area contributed by atoms with Gasteiger partial charge in [0.1, 0.15) is 0 Å². The van der Waals surface area contributed by atoms with Gasteiger partial charge in [0, 0.05) is 0 Å². The Labute approximate surface area is 87.0 Å². The van der Waals surface area contributed by atoms with Crippen molar-refractivity contribution in [2.75, 3.05) is 11.1 Å². The second kappa shape index (κ2) is 3.92. The maximum absolute atomic E-state index is 10.4. The molecule has 10 heteroatoms. The molecule has 0 aliphatic rings. The van der Waals surface area contributed by atoms with Crippen molar-refractivity contribution in [3.8, 4) is 0 Å². The van der Waals surface area contributed by atoms with E-state index in [-0.39, 0.29) is 0 Å². The van der Waals surface area contributed by atoms with Crippen molar-refractivity contribution >= 4 is 35.1 Å². The molecular formula is C5H4ClN5O4. The van der Waals surface area contributed by atoms with E-state index in [9.17, 15) is 14.9 Å². The number of nitro groups is 1. The summed E-state index contributed by atoms with van der Waals surface area (Å²) in [6, 6.07) is 0. The van der Waals surface area contributed by atoms with Gasteiger partial charge in [-0.15, -0.1) is 0 Å². The Morgan fingerprint density at radius 2 is 2.20 bits per heavy atom. The van der Waals surface area contributed by atoms with Gasteiger partial charge < -0.3 is 10.8 Å². The molecule has 1 aromatic rings. The summed E-state index contributed by atoms with van der Waals surface area (Å²) < 4.78 is 0. The van der Waals surface area contributed by atoms with Gasteiger partial charge in [-0.3, -0.25) is 15.4 Å². The van der Waals surface area contributed by atoms with Crippen LogP contribution in [-0.2, 0) is 0 Å². The van der Waals surface area contributed by atoms with Crippen LogP contribution in [0, 0.1) is 10.1 Å². The van der Waals surface area contributed by atoms with E-state index in [1.807, 2.05) is 0 Å². The smallest absolute Gasteiger partial charge is 0.411 e. The lowest BCUT2D eigenvalue weighted by Crippen LogP contribution is -2.12. The van der Waals surface area contributed by atoms with E-state index in [2.05, 4.69) is 9.97 Å². The summed E-state index contributed by atoms with van der Waals surface area (Å²) in [4.78, 5) is 26.4. The third-order valence-electron chi connectivity index (χ3n) is 1.27. The van der Waals surface area contributed by atoms with E-state index in [1.54, 1.807) is 5.32 Å². The highest BCUT2D eigenvalue weighted by molar-refractivity contribution is 6.32. The van der Waals surface area contributed by atoms with Crippen molar-refractivity contribution in [1.29, 1.82) is 0 Å². The standard InChI is InChI=1S/C5H4ClN5O4/c6-2-1(11(14)15)3(7)9-4(8-2)10-5(12)13/h(H,12,13)(H3,7,8,9,10). The van der Waals surface area contributed by atoms with Gasteiger partial charge in [-0.25, -0.2) is 4.79 Å². The van der Waals surface area contributed by atoms with Gasteiger partial charge in [0.25, 0.3) is 0 Å². The first-order valence-corrected chi connectivity index (χ1v) is 3.77. The fourth-order valence-corrected chi connectivity index (χ4v) is 1.01. The lowest BCUT2D eigenvalue weighted by atomic mass is 10.5. The normalized spacial score (nSPS) is 9.67. The minimum Gasteiger partial charge on any atom is -0.465 e. The zero-order valence-electron chi connectivity index (χ0n) is 6.97. The number of anilines is 2. The average Bonchev–Trinajstić information content (AvgIpc) is 1.99. The Morgan fingerprint density at radius 3 is 2.60 bits per heavy atom. The number of hydrogen-bond donors (Lipinski definition) is 3. The molecule has 80 valence electrons. The average molecular weight is 234 g/mol. The highest BCUT2D eigenvalue weighted by Crippen LogP contribution is 2.28. The van der Waals surface area contributed by atoms with E-state index in [4.69, 9.17) is 22.4 Å². The molecule has 9 nitrogen and oxygen atoms in total. The highest BCUT2D eigenvalue weighted by atomic mass is 35.5. The number of rotatable bonds is 2. The summed E-state index contributed by atoms with van der Waals surface area (Å²) in [6.07, 6.45) is -1.43. The van der Waals surface area contributed by atoms with Crippen LogP contribution in [0.4, 0.5) is 22.2 Å². The Morgan fingerprint density at radius 1 is 1.60 bits per heavy atom. The zero-order chi connectivity index (χ0) is 11.6. The molecule has 0 saturated heterocycles. The molecule has 1 aromatic heterocycles. The van der Waals surface area contributed by atoms with Gasteiger partial charge in [0.15, 0.2) is 0 Å². The quantitative estimate of drug-likeness (QED) is 0.387. The zero-order valence-corrected chi connectivity index (χ0v) is 7.72. The van der Waals surface area contributed by atoms with Gasteiger partial charge in [0.05, 0.1) is 4.92 Å². The van der Waals surface area contributed by atoms with Crippen LogP contribution in [0.1, 0.15) is 0 Å². The molecule has 0 fully saturated rings. The molecule has 1 amide bonds. The Balaban J connectivity index is 3.19. The van der Waals surface area contributed by atoms with Crippen molar-refractivity contribution < 1.29 is 14.8 Å². The summed E-state index contributed by atoms with van der Waals surface area (Å²) in [5.41, 5.74) is 4.53. The van der Waals surface area contributed by atoms with Gasteiger partial charge >= 0.3 is 11.8 Å². The fourth-order valence-electron chi connectivity index (χ4n) is 0.764. The number of nitrogens with zero attached hydrogens (tertiary/aromatic N) is 3. The third-order valence-corrected chi connectivity index (χ3v) is 1.53. The second-order valence-corrected chi connectivity index (χ2v) is 2.62. The van der Waals surface area contributed by atoms with Crippen LogP contribution >= 0.6 is 11.6 Å². The number of carbonyl (C=O) groups is 1. The molecule has 0 saturated carbocycles. The van der Waals surface area contributed by atoms with Crippen LogP contribution in [0.25, 0.3) is 0 Å². The fraction of sp³-hybridized carbons (Fsp3) is 0. The molecule has 0 atom stereocenters. The topological polar surface area (TPSA) is 144 Å². The number of amides is 1. The summed E-state index contributed by atoms with van der Waals surface area (Å²) in [5, 5.41) is 19.9. The predicted molar refractivity (Wildman–Crippen MR) is 49.8 cm³/mol. The van der Waals surface area contributed by atoms with Crippen LogP contribution in [0.5, 0.6) is 0 Å². The predicted octanol–water partition coefficient (Wildman–Crippen LogP) is 0.710. The van der Waals surface area contributed by atoms with Crippen molar-refractivity contribution in [3.05, 3.63) is 15.3 Å². The van der Waals surface area contributed by atoms with Crippen LogP contribution in [0.3, 0.4) is 0 Å². The molecule has 0 aliphatic carbocycles. The maximum atomic E-state index is 10.4. The van der Waals surface area contributed by atoms with E-state index in [0.29, 0.717) is 0 Å². The molecule has 0 aliphatic heterocycles. The van der Waals surface area contributed by atoms with Crippen molar-refractivity contribution in [1.82, 2.24) is 9.97 Å². The van der Waals surface area contributed by atoms with Crippen molar-refractivity contribution in [3.63, 3.8) is 0 Å². The van der Waals surface area contributed by atoms with E-state index in [1.165, 1.54) is 0 Å². The van der Waals surface area contributed by atoms with Gasteiger partial charge in [0.2, 0.25) is 16.9 Å². The Bertz CT molecular complexity index is 412. The summed E-state index contributed by atoms with van der Waals surface area (Å²) in [7, 11) is 0. The third kappa shape index (κ3) is 2.40. The molecule has 0 aromatic carbocycles. The second-order valence-electron chi connectivity index (χ2n) is 2.26. The van der Waals surface area contributed by atoms with Crippen LogP contribution in [-0.4, -0.2) is 26.1 Å². The first-order valence-electron chi connectivity index (χ1n) is 3.39. The minimum absolute atomic E-state index is 0.421. The molecule has 1 rings (SSSR count). The number of hydrogen-bond acceptors (Lipinski definition) is 6. The largest absolute Gasteiger partial charge is 0.465 e. The van der Waals surface area contributed by atoms with Crippen LogP contribution in [0.2, 0.25) is 5.15 Å². The Hall–Kier alpha value is -2.16. The molecule has 15 heavy (non-hydrogen) atoms. The van der Waals surface area contributed by atoms with E-state index >= 15 is 0 Å². The first-order chi connectivity index (χ1) is 6.91. The molecule has 0 radical (unpaired) electrons. The van der Waals surface area contributed by atoms with E-state index < -0.39 is 33.6 Å². The van der Waals surface area contributed by atoms with E-state index in [0.717, 1.165) is 0 Å². The monoisotopic (exact) mass is 233 g/mol. The number of aromatic nitrogens is 2. The molecule has 0 spiro atoms. The van der Waals surface area contributed by atoms with Gasteiger partial charge in [-0.2, -0.15) is 9.97 Å². The van der Waals surface area contributed by atoms with Crippen LogP contribution < -0.4 is 11.1 Å². The lowest BCUT2D eigenvalue weighted by molar-refractivity contribution is -0.384. The van der Waals surface area contributed by atoms with Crippen LogP contribution in [0.15, 0.2) is 0 Å². The Kier molecular flexibility index (Phi) is 2.85.